The van der Waals surface area contributed by atoms with Gasteiger partial charge in [0.25, 0.3) is 17.5 Å². The van der Waals surface area contributed by atoms with Crippen LogP contribution in [-0.2, 0) is 9.59 Å². The minimum absolute atomic E-state index is 0.00840. The van der Waals surface area contributed by atoms with E-state index in [4.69, 9.17) is 28.2 Å². The number of hydrogen-bond acceptors (Lipinski definition) is 6. The number of likely N-dealkylation sites (N-methyl/N-ethyl adjacent to an activating group) is 1. The summed E-state index contributed by atoms with van der Waals surface area (Å²) in [5, 5.41) is 13.8. The highest BCUT2D eigenvalue weighted by atomic mass is 35.5. The smallest absolute Gasteiger partial charge is 0.281 e. The van der Waals surface area contributed by atoms with Gasteiger partial charge in [-0.3, -0.25) is 29.9 Å². The number of rotatable bonds is 3. The molecule has 3 rings (SSSR count). The lowest BCUT2D eigenvalue weighted by molar-refractivity contribution is -0.384. The van der Waals surface area contributed by atoms with Gasteiger partial charge in [-0.2, -0.15) is 0 Å². The second-order valence-electron chi connectivity index (χ2n) is 5.30. The highest BCUT2D eigenvalue weighted by Crippen LogP contribution is 2.33. The Morgan fingerprint density at radius 2 is 2.04 bits per heavy atom. The molecule has 1 aromatic heterocycles. The number of nitro benzene ring substituents is 1. The van der Waals surface area contributed by atoms with Crippen LogP contribution >= 0.6 is 23.8 Å². The molecule has 1 aliphatic rings. The Hall–Kier alpha value is -3.04. The molecule has 1 aromatic carbocycles. The van der Waals surface area contributed by atoms with Gasteiger partial charge in [-0.15, -0.1) is 0 Å². The lowest BCUT2D eigenvalue weighted by atomic mass is 10.1. The minimum Gasteiger partial charge on any atom is -0.456 e. The van der Waals surface area contributed by atoms with Gasteiger partial charge in [-0.05, 0) is 42.6 Å². The van der Waals surface area contributed by atoms with E-state index in [0.29, 0.717) is 0 Å². The van der Waals surface area contributed by atoms with Gasteiger partial charge in [0.05, 0.1) is 10.5 Å². The average Bonchev–Trinajstić information content (AvgIpc) is 3.05. The van der Waals surface area contributed by atoms with E-state index in [0.717, 1.165) is 4.90 Å². The summed E-state index contributed by atoms with van der Waals surface area (Å²) in [6.45, 7) is 0. The fourth-order valence-electron chi connectivity index (χ4n) is 2.33. The summed E-state index contributed by atoms with van der Waals surface area (Å²) in [5.74, 6) is -0.834. The molecular weight excluding hydrogens is 382 g/mol. The maximum atomic E-state index is 12.2. The van der Waals surface area contributed by atoms with Crippen molar-refractivity contribution in [3.63, 3.8) is 0 Å². The van der Waals surface area contributed by atoms with Crippen LogP contribution in [0.3, 0.4) is 0 Å². The molecule has 132 valence electrons. The summed E-state index contributed by atoms with van der Waals surface area (Å²) in [4.78, 5) is 35.9. The zero-order valence-electron chi connectivity index (χ0n) is 13.2. The maximum Gasteiger partial charge on any atom is 0.281 e. The third-order valence-electron chi connectivity index (χ3n) is 3.64. The molecule has 8 nitrogen and oxygen atoms in total. The van der Waals surface area contributed by atoms with E-state index in [-0.39, 0.29) is 38.5 Å². The number of halogens is 1. The van der Waals surface area contributed by atoms with E-state index >= 15 is 0 Å². The van der Waals surface area contributed by atoms with Gasteiger partial charge in [0.2, 0.25) is 0 Å². The SMILES string of the molecule is CN1C(=O)/C(=C/c2ccc(-c3ccc(Cl)cc3[N+](=O)[O-])o2)C(=O)NC1=S. The third kappa shape index (κ3) is 3.22. The van der Waals surface area contributed by atoms with Crippen LogP contribution in [0.4, 0.5) is 5.69 Å². The van der Waals surface area contributed by atoms with Gasteiger partial charge >= 0.3 is 0 Å². The second-order valence-corrected chi connectivity index (χ2v) is 6.13. The van der Waals surface area contributed by atoms with E-state index in [2.05, 4.69) is 5.32 Å². The topological polar surface area (TPSA) is 106 Å². The molecule has 0 unspecified atom stereocenters. The second kappa shape index (κ2) is 6.70. The fourth-order valence-corrected chi connectivity index (χ4v) is 2.67. The molecule has 1 fully saturated rings. The largest absolute Gasteiger partial charge is 0.456 e. The first-order valence-corrected chi connectivity index (χ1v) is 7.96. The molecule has 10 heteroatoms. The van der Waals surface area contributed by atoms with Crippen LogP contribution in [0.25, 0.3) is 17.4 Å². The molecular formula is C16H10ClN3O5S. The van der Waals surface area contributed by atoms with E-state index in [1.165, 1.54) is 43.5 Å². The molecule has 0 spiro atoms. The molecule has 1 aliphatic heterocycles. The monoisotopic (exact) mass is 391 g/mol. The molecule has 2 aromatic rings. The number of furan rings is 1. The zero-order chi connectivity index (χ0) is 19.0. The molecule has 0 radical (unpaired) electrons. The Morgan fingerprint density at radius 1 is 1.31 bits per heavy atom. The Morgan fingerprint density at radius 3 is 2.73 bits per heavy atom. The van der Waals surface area contributed by atoms with E-state index in [1.54, 1.807) is 0 Å². The molecule has 0 saturated carbocycles. The van der Waals surface area contributed by atoms with Crippen molar-refractivity contribution in [3.8, 4) is 11.3 Å². The van der Waals surface area contributed by atoms with Crippen LogP contribution in [0.15, 0.2) is 40.3 Å². The molecule has 26 heavy (non-hydrogen) atoms. The van der Waals surface area contributed by atoms with Crippen LogP contribution in [0, 0.1) is 10.1 Å². The van der Waals surface area contributed by atoms with Gasteiger partial charge in [0.15, 0.2) is 5.11 Å². The molecule has 0 bridgehead atoms. The van der Waals surface area contributed by atoms with Crippen LogP contribution < -0.4 is 5.32 Å². The van der Waals surface area contributed by atoms with Crippen LogP contribution in [0.2, 0.25) is 5.02 Å². The molecule has 0 aliphatic carbocycles. The first-order valence-electron chi connectivity index (χ1n) is 7.17. The van der Waals surface area contributed by atoms with Crippen LogP contribution in [-0.4, -0.2) is 33.8 Å². The molecule has 0 atom stereocenters. The third-order valence-corrected chi connectivity index (χ3v) is 4.25. The number of hydrogen-bond donors (Lipinski definition) is 1. The van der Waals surface area contributed by atoms with Crippen molar-refractivity contribution in [2.24, 2.45) is 0 Å². The maximum absolute atomic E-state index is 12.2. The number of amides is 2. The number of benzene rings is 1. The first-order chi connectivity index (χ1) is 12.3. The van der Waals surface area contributed by atoms with Crippen molar-refractivity contribution in [3.05, 3.63) is 56.8 Å². The summed E-state index contributed by atoms with van der Waals surface area (Å²) < 4.78 is 5.55. The van der Waals surface area contributed by atoms with Crippen molar-refractivity contribution in [1.82, 2.24) is 10.2 Å². The van der Waals surface area contributed by atoms with Crippen molar-refractivity contribution >= 4 is 52.5 Å². The Kier molecular flexibility index (Phi) is 4.58. The Balaban J connectivity index is 1.99. The quantitative estimate of drug-likeness (QED) is 0.283. The zero-order valence-corrected chi connectivity index (χ0v) is 14.8. The predicted molar refractivity (Wildman–Crippen MR) is 97.3 cm³/mol. The van der Waals surface area contributed by atoms with Gasteiger partial charge in [0, 0.05) is 18.1 Å². The van der Waals surface area contributed by atoms with Gasteiger partial charge in [-0.25, -0.2) is 0 Å². The summed E-state index contributed by atoms with van der Waals surface area (Å²) >= 11 is 10.7. The van der Waals surface area contributed by atoms with Gasteiger partial charge < -0.3 is 4.42 Å². The normalized spacial score (nSPS) is 16.2. The number of nitro groups is 1. The highest BCUT2D eigenvalue weighted by Gasteiger charge is 2.31. The summed E-state index contributed by atoms with van der Waals surface area (Å²) in [6.07, 6.45) is 1.25. The number of carbonyl (C=O) groups excluding carboxylic acids is 2. The number of carbonyl (C=O) groups is 2. The minimum atomic E-state index is -0.645. The molecule has 2 heterocycles. The van der Waals surface area contributed by atoms with Crippen molar-refractivity contribution < 1.29 is 18.9 Å². The molecule has 1 saturated heterocycles. The number of nitrogens with zero attached hydrogens (tertiary/aromatic N) is 2. The van der Waals surface area contributed by atoms with Crippen molar-refractivity contribution in [2.45, 2.75) is 0 Å². The standard InChI is InChI=1S/C16H10ClN3O5S/c1-19-15(22)11(14(21)18-16(19)26)7-9-3-5-13(25-9)10-4-2-8(17)6-12(10)20(23)24/h2-7H,1H3,(H,18,21,26)/b11-7+. The average molecular weight is 392 g/mol. The number of nitrogens with one attached hydrogen (secondary N) is 1. The summed E-state index contributed by atoms with van der Waals surface area (Å²) in [5.41, 5.74) is -0.156. The summed E-state index contributed by atoms with van der Waals surface area (Å²) in [7, 11) is 1.43. The van der Waals surface area contributed by atoms with Crippen LogP contribution in [0.1, 0.15) is 5.76 Å². The fraction of sp³-hybridized carbons (Fsp3) is 0.0625. The van der Waals surface area contributed by atoms with Crippen molar-refractivity contribution in [2.75, 3.05) is 7.05 Å². The van der Waals surface area contributed by atoms with E-state index < -0.39 is 16.7 Å². The summed E-state index contributed by atoms with van der Waals surface area (Å²) in [6, 6.07) is 7.17. The Bertz CT molecular complexity index is 998. The van der Waals surface area contributed by atoms with Gasteiger partial charge in [-0.1, -0.05) is 11.6 Å². The van der Waals surface area contributed by atoms with E-state index in [1.807, 2.05) is 0 Å². The van der Waals surface area contributed by atoms with E-state index in [9.17, 15) is 19.7 Å². The predicted octanol–water partition coefficient (Wildman–Crippen LogP) is 2.76. The first kappa shape index (κ1) is 17.8. The lowest BCUT2D eigenvalue weighted by Gasteiger charge is -2.24. The van der Waals surface area contributed by atoms with Crippen molar-refractivity contribution in [1.29, 1.82) is 0 Å². The number of thiocarbonyl (C=S) groups is 1. The molecule has 1 N–H and O–H groups in total. The van der Waals surface area contributed by atoms with Gasteiger partial charge in [0.1, 0.15) is 17.1 Å². The lowest BCUT2D eigenvalue weighted by Crippen LogP contribution is -2.52. The highest BCUT2D eigenvalue weighted by molar-refractivity contribution is 7.80. The Labute approximate surface area is 157 Å². The van der Waals surface area contributed by atoms with Crippen LogP contribution in [0.5, 0.6) is 0 Å². The molecule has 2 amide bonds.